The van der Waals surface area contributed by atoms with Gasteiger partial charge in [0.25, 0.3) is 0 Å². The first-order valence-electron chi connectivity index (χ1n) is 25.7. The summed E-state index contributed by atoms with van der Waals surface area (Å²) in [4.78, 5) is 26.1. The highest BCUT2D eigenvalue weighted by Crippen LogP contribution is 2.18. The van der Waals surface area contributed by atoms with Crippen molar-refractivity contribution in [3.8, 4) is 0 Å². The van der Waals surface area contributed by atoms with Crippen LogP contribution in [0.3, 0.4) is 0 Å². The summed E-state index contributed by atoms with van der Waals surface area (Å²) in [6, 6.07) is -0.701. The first kappa shape index (κ1) is 57.1. The van der Waals surface area contributed by atoms with Crippen molar-refractivity contribution in [3.63, 3.8) is 0 Å². The van der Waals surface area contributed by atoms with E-state index in [-0.39, 0.29) is 24.9 Å². The van der Waals surface area contributed by atoms with Crippen LogP contribution in [0, 0.1) is 0 Å². The molecule has 0 aliphatic carbocycles. The minimum atomic E-state index is -0.787. The zero-order chi connectivity index (χ0) is 43.1. The fourth-order valence-corrected chi connectivity index (χ4v) is 7.90. The smallest absolute Gasteiger partial charge is 0.306 e. The zero-order valence-corrected chi connectivity index (χ0v) is 39.4. The molecule has 0 spiro atoms. The Morgan fingerprint density at radius 2 is 0.915 bits per heavy atom. The second kappa shape index (κ2) is 47.1. The molecule has 1 amide bonds. The van der Waals surface area contributed by atoms with Crippen molar-refractivity contribution in [3.05, 3.63) is 36.5 Å². The SMILES string of the molecule is CC/C=C/C=C/C=C\CCCCCCCC(=O)OC(CCCCCCCCCCCCCCCCCC)CC(=O)NC(CO)C(O)CCCCCCCCCCCCC. The van der Waals surface area contributed by atoms with Crippen LogP contribution in [0.25, 0.3) is 0 Å². The number of aliphatic hydroxyl groups is 2. The highest BCUT2D eigenvalue weighted by molar-refractivity contribution is 5.77. The van der Waals surface area contributed by atoms with Gasteiger partial charge in [-0.15, -0.1) is 0 Å². The number of nitrogens with one attached hydrogen (secondary N) is 1. The first-order chi connectivity index (χ1) is 29.0. The number of unbranched alkanes of at least 4 members (excludes halogenated alkanes) is 30. The van der Waals surface area contributed by atoms with Crippen LogP contribution in [0.4, 0.5) is 0 Å². The monoisotopic (exact) mass is 830 g/mol. The van der Waals surface area contributed by atoms with Gasteiger partial charge in [-0.2, -0.15) is 0 Å². The van der Waals surface area contributed by atoms with E-state index in [9.17, 15) is 19.8 Å². The lowest BCUT2D eigenvalue weighted by Gasteiger charge is -2.24. The Labute approximate surface area is 366 Å². The number of hydrogen-bond acceptors (Lipinski definition) is 5. The van der Waals surface area contributed by atoms with Crippen molar-refractivity contribution >= 4 is 11.9 Å². The molecule has 6 heteroatoms. The molecular formula is C53H99NO5. The number of amides is 1. The maximum atomic E-state index is 13.2. The fourth-order valence-electron chi connectivity index (χ4n) is 7.90. The number of carbonyl (C=O) groups excluding carboxylic acids is 2. The van der Waals surface area contributed by atoms with Crippen LogP contribution in [-0.4, -0.2) is 46.9 Å². The van der Waals surface area contributed by atoms with Crippen LogP contribution in [-0.2, 0) is 14.3 Å². The fraction of sp³-hybridized carbons (Fsp3) is 0.849. The van der Waals surface area contributed by atoms with Crippen LogP contribution in [0.15, 0.2) is 36.5 Å². The molecule has 0 fully saturated rings. The molecule has 0 aliphatic rings. The lowest BCUT2D eigenvalue weighted by Crippen LogP contribution is -2.46. The molecule has 3 unspecified atom stereocenters. The molecule has 6 nitrogen and oxygen atoms in total. The Balaban J connectivity index is 4.58. The molecule has 0 aromatic carbocycles. The van der Waals surface area contributed by atoms with Crippen molar-refractivity contribution in [2.24, 2.45) is 0 Å². The summed E-state index contributed by atoms with van der Waals surface area (Å²) in [5, 5.41) is 23.7. The molecule has 3 N–H and O–H groups in total. The third kappa shape index (κ3) is 42.6. The molecule has 0 aromatic rings. The Hall–Kier alpha value is -1.92. The van der Waals surface area contributed by atoms with Crippen LogP contribution in [0.1, 0.15) is 265 Å². The predicted molar refractivity (Wildman–Crippen MR) is 255 cm³/mol. The van der Waals surface area contributed by atoms with Gasteiger partial charge in [0.1, 0.15) is 6.10 Å². The van der Waals surface area contributed by atoms with Gasteiger partial charge in [0.15, 0.2) is 0 Å². The summed E-state index contributed by atoms with van der Waals surface area (Å²) in [5.74, 6) is -0.486. The highest BCUT2D eigenvalue weighted by Gasteiger charge is 2.24. The standard InChI is InChI=1S/C53H99NO5/c1-4-7-10-13-16-19-22-24-25-26-28-30-32-35-38-41-44-49(59-53(58)46-43-40-37-34-31-27-23-20-17-14-11-8-5-2)47-52(57)54-50(48-55)51(56)45-42-39-36-33-29-21-18-15-12-9-6-3/h8,11,14,17,20,23,49-51,55-56H,4-7,9-10,12-13,15-16,18-19,21-22,24-48H2,1-3H3,(H,54,57)/b11-8+,17-14+,23-20-. The molecule has 59 heavy (non-hydrogen) atoms. The summed E-state index contributed by atoms with van der Waals surface area (Å²) < 4.78 is 5.93. The minimum Gasteiger partial charge on any atom is -0.462 e. The summed E-state index contributed by atoms with van der Waals surface area (Å²) in [5.41, 5.74) is 0. The van der Waals surface area contributed by atoms with E-state index in [1.165, 1.54) is 141 Å². The van der Waals surface area contributed by atoms with E-state index in [4.69, 9.17) is 4.74 Å². The van der Waals surface area contributed by atoms with Crippen LogP contribution in [0.2, 0.25) is 0 Å². The van der Waals surface area contributed by atoms with Gasteiger partial charge in [0.05, 0.1) is 25.2 Å². The zero-order valence-electron chi connectivity index (χ0n) is 39.4. The lowest BCUT2D eigenvalue weighted by atomic mass is 10.0. The predicted octanol–water partition coefficient (Wildman–Crippen LogP) is 15.3. The van der Waals surface area contributed by atoms with Gasteiger partial charge in [-0.25, -0.2) is 0 Å². The Morgan fingerprint density at radius 1 is 0.508 bits per heavy atom. The van der Waals surface area contributed by atoms with E-state index >= 15 is 0 Å². The summed E-state index contributed by atoms with van der Waals surface area (Å²) >= 11 is 0. The normalized spacial score (nSPS) is 13.5. The molecule has 0 rings (SSSR count). The summed E-state index contributed by atoms with van der Waals surface area (Å²) in [6.07, 6.45) is 54.9. The molecule has 0 saturated heterocycles. The quantitative estimate of drug-likeness (QED) is 0.0323. The molecule has 0 heterocycles. The molecule has 346 valence electrons. The van der Waals surface area contributed by atoms with Crippen molar-refractivity contribution in [1.82, 2.24) is 5.32 Å². The van der Waals surface area contributed by atoms with Crippen molar-refractivity contribution in [2.45, 2.75) is 283 Å². The Kier molecular flexibility index (Phi) is 45.6. The second-order valence-corrected chi connectivity index (χ2v) is 17.6. The molecule has 0 bridgehead atoms. The summed E-state index contributed by atoms with van der Waals surface area (Å²) in [6.45, 7) is 6.36. The van der Waals surface area contributed by atoms with Crippen LogP contribution < -0.4 is 5.32 Å². The van der Waals surface area contributed by atoms with Gasteiger partial charge < -0.3 is 20.3 Å². The van der Waals surface area contributed by atoms with Gasteiger partial charge in [0.2, 0.25) is 5.91 Å². The third-order valence-electron chi connectivity index (χ3n) is 11.8. The largest absolute Gasteiger partial charge is 0.462 e. The third-order valence-corrected chi connectivity index (χ3v) is 11.8. The average Bonchev–Trinajstić information content (AvgIpc) is 3.23. The number of esters is 1. The van der Waals surface area contributed by atoms with Crippen LogP contribution in [0.5, 0.6) is 0 Å². The van der Waals surface area contributed by atoms with E-state index < -0.39 is 18.2 Å². The van der Waals surface area contributed by atoms with Gasteiger partial charge in [-0.3, -0.25) is 9.59 Å². The second-order valence-electron chi connectivity index (χ2n) is 17.6. The minimum absolute atomic E-state index is 0.0732. The number of hydrogen-bond donors (Lipinski definition) is 3. The van der Waals surface area contributed by atoms with E-state index in [1.807, 2.05) is 0 Å². The number of aliphatic hydroxyl groups excluding tert-OH is 2. The number of carbonyl (C=O) groups is 2. The van der Waals surface area contributed by atoms with Crippen molar-refractivity contribution in [2.75, 3.05) is 6.61 Å². The summed E-state index contributed by atoms with van der Waals surface area (Å²) in [7, 11) is 0. The number of ether oxygens (including phenoxy) is 1. The molecule has 0 saturated carbocycles. The van der Waals surface area contributed by atoms with E-state index in [2.05, 4.69) is 62.5 Å². The van der Waals surface area contributed by atoms with E-state index in [1.54, 1.807) is 0 Å². The van der Waals surface area contributed by atoms with Crippen LogP contribution >= 0.6 is 0 Å². The molecular weight excluding hydrogens is 731 g/mol. The van der Waals surface area contributed by atoms with Gasteiger partial charge >= 0.3 is 5.97 Å². The van der Waals surface area contributed by atoms with Gasteiger partial charge in [-0.1, -0.05) is 243 Å². The van der Waals surface area contributed by atoms with Gasteiger partial charge in [0, 0.05) is 6.42 Å². The van der Waals surface area contributed by atoms with Crippen molar-refractivity contribution < 1.29 is 24.5 Å². The molecule has 0 aromatic heterocycles. The maximum Gasteiger partial charge on any atom is 0.306 e. The number of rotatable bonds is 46. The van der Waals surface area contributed by atoms with E-state index in [0.29, 0.717) is 19.3 Å². The number of allylic oxidation sites excluding steroid dienone is 6. The Bertz CT molecular complexity index is 977. The topological polar surface area (TPSA) is 95.9 Å². The lowest BCUT2D eigenvalue weighted by molar-refractivity contribution is -0.151. The average molecular weight is 830 g/mol. The first-order valence-corrected chi connectivity index (χ1v) is 25.7. The van der Waals surface area contributed by atoms with E-state index in [0.717, 1.165) is 77.0 Å². The Morgan fingerprint density at radius 3 is 1.37 bits per heavy atom. The highest BCUT2D eigenvalue weighted by atomic mass is 16.5. The molecule has 0 aliphatic heterocycles. The molecule has 3 atom stereocenters. The van der Waals surface area contributed by atoms with Gasteiger partial charge in [-0.05, 0) is 44.9 Å². The molecule has 0 radical (unpaired) electrons. The maximum absolute atomic E-state index is 13.2. The van der Waals surface area contributed by atoms with Crippen molar-refractivity contribution in [1.29, 1.82) is 0 Å².